The van der Waals surface area contributed by atoms with E-state index in [1.165, 1.54) is 11.1 Å². The molecule has 1 aliphatic heterocycles. The molecular weight excluding hydrogens is 338 g/mol. The number of anilines is 1. The molecule has 0 saturated carbocycles. The number of rotatable bonds is 3. The summed E-state index contributed by atoms with van der Waals surface area (Å²) in [7, 11) is 0. The van der Waals surface area contributed by atoms with Gasteiger partial charge in [-0.2, -0.15) is 0 Å². The Balaban J connectivity index is 1.62. The third kappa shape index (κ3) is 2.94. The lowest BCUT2D eigenvalue weighted by atomic mass is 10.1. The molecular formula is C16H15BrClNO. The van der Waals surface area contributed by atoms with Crippen molar-refractivity contribution in [3.05, 3.63) is 57.0 Å². The normalized spacial score (nSPS) is 16.6. The summed E-state index contributed by atoms with van der Waals surface area (Å²) in [4.78, 5) is 0. The summed E-state index contributed by atoms with van der Waals surface area (Å²) < 4.78 is 6.84. The van der Waals surface area contributed by atoms with Crippen molar-refractivity contribution < 1.29 is 4.74 Å². The SMILES string of the molecule is Cc1ccc2c(c1)CC(CNc1ccc(Br)c(Cl)c1)O2. The van der Waals surface area contributed by atoms with Gasteiger partial charge in [0.15, 0.2) is 0 Å². The summed E-state index contributed by atoms with van der Waals surface area (Å²) in [6.45, 7) is 2.88. The van der Waals surface area contributed by atoms with Crippen LogP contribution in [0.1, 0.15) is 11.1 Å². The highest BCUT2D eigenvalue weighted by atomic mass is 79.9. The van der Waals surface area contributed by atoms with Crippen molar-refractivity contribution in [3.8, 4) is 5.75 Å². The second-order valence-corrected chi connectivity index (χ2v) is 6.33. The minimum atomic E-state index is 0.175. The molecule has 0 fully saturated rings. The van der Waals surface area contributed by atoms with Crippen molar-refractivity contribution in [2.24, 2.45) is 0 Å². The van der Waals surface area contributed by atoms with Crippen LogP contribution in [0.15, 0.2) is 40.9 Å². The molecule has 20 heavy (non-hydrogen) atoms. The average Bonchev–Trinajstić information content (AvgIpc) is 2.82. The zero-order valence-electron chi connectivity index (χ0n) is 11.1. The lowest BCUT2D eigenvalue weighted by Gasteiger charge is -2.13. The van der Waals surface area contributed by atoms with Crippen molar-refractivity contribution in [1.82, 2.24) is 0 Å². The van der Waals surface area contributed by atoms with Crippen LogP contribution >= 0.6 is 27.5 Å². The predicted octanol–water partition coefficient (Wildman–Crippen LogP) is 4.83. The Kier molecular flexibility index (Phi) is 3.90. The Labute approximate surface area is 132 Å². The molecule has 1 aliphatic rings. The van der Waals surface area contributed by atoms with Gasteiger partial charge in [-0.15, -0.1) is 0 Å². The highest BCUT2D eigenvalue weighted by Gasteiger charge is 2.22. The molecule has 0 radical (unpaired) electrons. The van der Waals surface area contributed by atoms with Crippen LogP contribution in [0, 0.1) is 6.92 Å². The minimum absolute atomic E-state index is 0.175. The van der Waals surface area contributed by atoms with Gasteiger partial charge in [-0.25, -0.2) is 0 Å². The molecule has 0 bridgehead atoms. The first-order valence-corrected chi connectivity index (χ1v) is 7.74. The smallest absolute Gasteiger partial charge is 0.123 e. The van der Waals surface area contributed by atoms with E-state index in [0.717, 1.165) is 28.9 Å². The highest BCUT2D eigenvalue weighted by molar-refractivity contribution is 9.10. The maximum Gasteiger partial charge on any atom is 0.123 e. The number of benzene rings is 2. The fourth-order valence-electron chi connectivity index (χ4n) is 2.40. The van der Waals surface area contributed by atoms with E-state index in [1.807, 2.05) is 18.2 Å². The van der Waals surface area contributed by atoms with Gasteiger partial charge in [-0.1, -0.05) is 29.3 Å². The number of halogens is 2. The number of ether oxygens (including phenoxy) is 1. The van der Waals surface area contributed by atoms with Gasteiger partial charge in [-0.3, -0.25) is 0 Å². The lowest BCUT2D eigenvalue weighted by Crippen LogP contribution is -2.23. The Morgan fingerprint density at radius 2 is 2.15 bits per heavy atom. The molecule has 0 spiro atoms. The lowest BCUT2D eigenvalue weighted by molar-refractivity contribution is 0.246. The van der Waals surface area contributed by atoms with Crippen molar-refractivity contribution in [1.29, 1.82) is 0 Å². The average molecular weight is 353 g/mol. The molecule has 4 heteroatoms. The Morgan fingerprint density at radius 3 is 2.95 bits per heavy atom. The van der Waals surface area contributed by atoms with Gasteiger partial charge in [0.05, 0.1) is 11.6 Å². The van der Waals surface area contributed by atoms with Crippen LogP contribution in [0.3, 0.4) is 0 Å². The zero-order valence-corrected chi connectivity index (χ0v) is 13.5. The molecule has 104 valence electrons. The van der Waals surface area contributed by atoms with Gasteiger partial charge in [0.2, 0.25) is 0 Å². The Morgan fingerprint density at radius 1 is 1.30 bits per heavy atom. The van der Waals surface area contributed by atoms with E-state index in [0.29, 0.717) is 5.02 Å². The van der Waals surface area contributed by atoms with E-state index in [1.54, 1.807) is 0 Å². The summed E-state index contributed by atoms with van der Waals surface area (Å²) in [5, 5.41) is 4.08. The molecule has 1 N–H and O–H groups in total. The monoisotopic (exact) mass is 351 g/mol. The summed E-state index contributed by atoms with van der Waals surface area (Å²) in [6, 6.07) is 12.2. The number of fused-ring (bicyclic) bond motifs is 1. The molecule has 0 aromatic heterocycles. The molecule has 1 heterocycles. The van der Waals surface area contributed by atoms with Crippen LogP contribution in [0.5, 0.6) is 5.75 Å². The summed E-state index contributed by atoms with van der Waals surface area (Å²) in [5.74, 6) is 1.01. The first kappa shape index (κ1) is 13.8. The van der Waals surface area contributed by atoms with Gasteiger partial charge in [0.25, 0.3) is 0 Å². The molecule has 1 unspecified atom stereocenters. The first-order valence-electron chi connectivity index (χ1n) is 6.57. The molecule has 2 aromatic rings. The number of hydrogen-bond acceptors (Lipinski definition) is 2. The van der Waals surface area contributed by atoms with Crippen molar-refractivity contribution in [2.75, 3.05) is 11.9 Å². The van der Waals surface area contributed by atoms with Crippen LogP contribution in [-0.2, 0) is 6.42 Å². The molecule has 0 saturated heterocycles. The first-order chi connectivity index (χ1) is 9.61. The zero-order chi connectivity index (χ0) is 14.1. The Hall–Kier alpha value is -1.19. The van der Waals surface area contributed by atoms with Gasteiger partial charge < -0.3 is 10.1 Å². The topological polar surface area (TPSA) is 21.3 Å². The van der Waals surface area contributed by atoms with Crippen LogP contribution < -0.4 is 10.1 Å². The largest absolute Gasteiger partial charge is 0.488 e. The second-order valence-electron chi connectivity index (χ2n) is 5.06. The standard InChI is InChI=1S/C16H15BrClNO/c1-10-2-5-16-11(6-10)7-13(20-16)9-19-12-3-4-14(17)15(18)8-12/h2-6,8,13,19H,7,9H2,1H3. The maximum atomic E-state index is 6.08. The van der Waals surface area contributed by atoms with Crippen LogP contribution in [-0.4, -0.2) is 12.6 Å². The fraction of sp³-hybridized carbons (Fsp3) is 0.250. The second kappa shape index (κ2) is 5.66. The molecule has 2 aromatic carbocycles. The van der Waals surface area contributed by atoms with E-state index in [9.17, 15) is 0 Å². The minimum Gasteiger partial charge on any atom is -0.488 e. The fourth-order valence-corrected chi connectivity index (χ4v) is 2.83. The summed E-state index contributed by atoms with van der Waals surface area (Å²) >= 11 is 9.47. The van der Waals surface area contributed by atoms with Gasteiger partial charge in [0.1, 0.15) is 11.9 Å². The quantitative estimate of drug-likeness (QED) is 0.854. The summed E-state index contributed by atoms with van der Waals surface area (Å²) in [6.07, 6.45) is 1.13. The van der Waals surface area contributed by atoms with E-state index in [4.69, 9.17) is 16.3 Å². The maximum absolute atomic E-state index is 6.08. The third-order valence-corrected chi connectivity index (χ3v) is 4.64. The van der Waals surface area contributed by atoms with Gasteiger partial charge >= 0.3 is 0 Å². The predicted molar refractivity (Wildman–Crippen MR) is 86.9 cm³/mol. The van der Waals surface area contributed by atoms with E-state index < -0.39 is 0 Å². The Bertz CT molecular complexity index is 644. The van der Waals surface area contributed by atoms with Crippen molar-refractivity contribution in [2.45, 2.75) is 19.4 Å². The number of aryl methyl sites for hydroxylation is 1. The van der Waals surface area contributed by atoms with E-state index >= 15 is 0 Å². The number of hydrogen-bond donors (Lipinski definition) is 1. The molecule has 0 amide bonds. The molecule has 1 atom stereocenters. The molecule has 0 aliphatic carbocycles. The van der Waals surface area contributed by atoms with Crippen LogP contribution in [0.2, 0.25) is 5.02 Å². The van der Waals surface area contributed by atoms with Crippen LogP contribution in [0.25, 0.3) is 0 Å². The van der Waals surface area contributed by atoms with Crippen molar-refractivity contribution in [3.63, 3.8) is 0 Å². The van der Waals surface area contributed by atoms with E-state index in [2.05, 4.69) is 46.4 Å². The molecule has 2 nitrogen and oxygen atoms in total. The van der Waals surface area contributed by atoms with Gasteiger partial charge in [-0.05, 0) is 52.7 Å². The third-order valence-electron chi connectivity index (χ3n) is 3.41. The molecule has 3 rings (SSSR count). The van der Waals surface area contributed by atoms with Crippen molar-refractivity contribution >= 4 is 33.2 Å². The van der Waals surface area contributed by atoms with Crippen LogP contribution in [0.4, 0.5) is 5.69 Å². The van der Waals surface area contributed by atoms with Gasteiger partial charge in [0, 0.05) is 16.6 Å². The summed E-state index contributed by atoms with van der Waals surface area (Å²) in [5.41, 5.74) is 3.58. The highest BCUT2D eigenvalue weighted by Crippen LogP contribution is 2.30. The number of nitrogens with one attached hydrogen (secondary N) is 1. The van der Waals surface area contributed by atoms with E-state index in [-0.39, 0.29) is 6.10 Å².